The first-order valence-electron chi connectivity index (χ1n) is 12.3. The van der Waals surface area contributed by atoms with Crippen LogP contribution in [0.5, 0.6) is 0 Å². The van der Waals surface area contributed by atoms with Crippen molar-refractivity contribution in [3.8, 4) is 0 Å². The Hall–Kier alpha value is -2.49. The standard InChI is InChI=1S/C20H27N7O13P2S/c21-16-10-18(24-4-23-16)27(5-25-10)20-14(31)12(29)9(40-20)2-38-42(35,36)6-41(33,34)37-1-8-11(28)13(30)15(39-8)19-26-7(3-43-19)17(22)32/h3-5,8-9,11-15,20,28-31H,1-2,6H2,(H2,22,32)(H,33,34)(H,35,36)(H2,21,23,24)/t8-,9+,11-,12+,13-,14+,15-,20+/m1/s1. The zero-order valence-electron chi connectivity index (χ0n) is 21.7. The van der Waals surface area contributed by atoms with E-state index in [0.717, 1.165) is 17.7 Å². The first-order valence-corrected chi connectivity index (χ1v) is 16.7. The number of rotatable bonds is 11. The Morgan fingerprint density at radius 2 is 1.60 bits per heavy atom. The second-order valence-electron chi connectivity index (χ2n) is 9.65. The molecule has 5 heterocycles. The maximum atomic E-state index is 12.6. The molecule has 23 heteroatoms. The van der Waals surface area contributed by atoms with E-state index in [9.17, 15) is 44.1 Å². The molecule has 1 amide bonds. The highest BCUT2D eigenvalue weighted by Crippen LogP contribution is 2.58. The summed E-state index contributed by atoms with van der Waals surface area (Å²) in [6.07, 6.45) is -9.01. The molecule has 10 atom stereocenters. The van der Waals surface area contributed by atoms with Crippen LogP contribution in [-0.2, 0) is 27.7 Å². The van der Waals surface area contributed by atoms with Gasteiger partial charge in [0.25, 0.3) is 5.91 Å². The number of imidazole rings is 1. The summed E-state index contributed by atoms with van der Waals surface area (Å²) in [6.45, 7) is -1.55. The van der Waals surface area contributed by atoms with E-state index in [1.54, 1.807) is 0 Å². The fourth-order valence-corrected chi connectivity index (χ4v) is 8.56. The van der Waals surface area contributed by atoms with Crippen LogP contribution in [-0.4, -0.2) is 116 Å². The van der Waals surface area contributed by atoms with Gasteiger partial charge in [-0.25, -0.2) is 19.9 Å². The van der Waals surface area contributed by atoms with E-state index < -0.39 is 89.2 Å². The molecule has 2 aliphatic heterocycles. The van der Waals surface area contributed by atoms with Crippen LogP contribution >= 0.6 is 26.5 Å². The van der Waals surface area contributed by atoms with Gasteiger partial charge in [-0.2, -0.15) is 0 Å². The van der Waals surface area contributed by atoms with Crippen molar-refractivity contribution in [2.75, 3.05) is 24.9 Å². The molecule has 0 spiro atoms. The Kier molecular flexibility index (Phi) is 9.00. The van der Waals surface area contributed by atoms with Gasteiger partial charge in [0, 0.05) is 5.38 Å². The van der Waals surface area contributed by atoms with Crippen LogP contribution in [0.3, 0.4) is 0 Å². The number of hydrogen-bond donors (Lipinski definition) is 8. The molecule has 0 bridgehead atoms. The summed E-state index contributed by atoms with van der Waals surface area (Å²) in [5.74, 6) is -2.14. The third-order valence-corrected chi connectivity index (χ3v) is 11.5. The van der Waals surface area contributed by atoms with Gasteiger partial charge in [0.1, 0.15) is 65.3 Å². The van der Waals surface area contributed by atoms with Gasteiger partial charge in [-0.1, -0.05) is 0 Å². The third kappa shape index (κ3) is 6.64. The number of ether oxygens (including phenoxy) is 2. The van der Waals surface area contributed by atoms with E-state index in [4.69, 9.17) is 30.0 Å². The Morgan fingerprint density at radius 3 is 2.23 bits per heavy atom. The molecule has 3 aromatic rings. The number of carbonyl (C=O) groups excluding carboxylic acids is 1. The zero-order chi connectivity index (χ0) is 31.3. The monoisotopic (exact) mass is 667 g/mol. The first kappa shape index (κ1) is 31.9. The summed E-state index contributed by atoms with van der Waals surface area (Å²) >= 11 is 0.932. The van der Waals surface area contributed by atoms with E-state index in [-0.39, 0.29) is 27.7 Å². The average Bonchev–Trinajstić information content (AvgIpc) is 3.70. The summed E-state index contributed by atoms with van der Waals surface area (Å²) in [5.41, 5.74) is 11.2. The molecule has 236 valence electrons. The van der Waals surface area contributed by atoms with Crippen LogP contribution in [0.1, 0.15) is 27.8 Å². The molecule has 10 N–H and O–H groups in total. The lowest BCUT2D eigenvalue weighted by atomic mass is 10.1. The van der Waals surface area contributed by atoms with E-state index in [0.29, 0.717) is 0 Å². The highest BCUT2D eigenvalue weighted by molar-refractivity contribution is 7.70. The minimum absolute atomic E-state index is 0.0665. The van der Waals surface area contributed by atoms with Crippen LogP contribution in [0.15, 0.2) is 18.0 Å². The molecule has 3 aromatic heterocycles. The van der Waals surface area contributed by atoms with E-state index in [1.165, 1.54) is 16.3 Å². The fourth-order valence-electron chi connectivity index (χ4n) is 4.46. The number of carbonyl (C=O) groups is 1. The number of primary amides is 1. The summed E-state index contributed by atoms with van der Waals surface area (Å²) in [5, 5.41) is 43.0. The van der Waals surface area contributed by atoms with Crippen molar-refractivity contribution in [3.05, 3.63) is 28.7 Å². The van der Waals surface area contributed by atoms with E-state index in [1.807, 2.05) is 0 Å². The number of amides is 1. The number of fused-ring (bicyclic) bond motifs is 1. The molecule has 2 saturated heterocycles. The molecule has 43 heavy (non-hydrogen) atoms. The minimum Gasteiger partial charge on any atom is -0.387 e. The van der Waals surface area contributed by atoms with Crippen LogP contribution < -0.4 is 11.5 Å². The second kappa shape index (κ2) is 12.1. The molecule has 0 aliphatic carbocycles. The number of aliphatic hydroxyl groups is 4. The van der Waals surface area contributed by atoms with Gasteiger partial charge in [0.05, 0.1) is 19.5 Å². The zero-order valence-corrected chi connectivity index (χ0v) is 24.3. The quantitative estimate of drug-likeness (QED) is 0.101. The number of anilines is 1. The molecule has 0 aromatic carbocycles. The molecule has 0 radical (unpaired) electrons. The number of nitrogens with two attached hydrogens (primary N) is 2. The number of aromatic nitrogens is 5. The van der Waals surface area contributed by atoms with Gasteiger partial charge in [-0.3, -0.25) is 18.5 Å². The van der Waals surface area contributed by atoms with Gasteiger partial charge in [0.2, 0.25) is 0 Å². The summed E-state index contributed by atoms with van der Waals surface area (Å²) in [7, 11) is -9.73. The van der Waals surface area contributed by atoms with Gasteiger partial charge in [-0.15, -0.1) is 11.3 Å². The Balaban J connectivity index is 1.15. The van der Waals surface area contributed by atoms with Crippen LogP contribution in [0, 0.1) is 0 Å². The smallest absolute Gasteiger partial charge is 0.340 e. The fraction of sp³-hybridized carbons (Fsp3) is 0.550. The summed E-state index contributed by atoms with van der Waals surface area (Å²) < 4.78 is 47.4. The molecule has 2 fully saturated rings. The van der Waals surface area contributed by atoms with Crippen molar-refractivity contribution in [2.24, 2.45) is 5.73 Å². The summed E-state index contributed by atoms with van der Waals surface area (Å²) in [6, 6.07) is 0. The number of nitrogens with zero attached hydrogens (tertiary/aromatic N) is 5. The third-order valence-electron chi connectivity index (χ3n) is 6.62. The van der Waals surface area contributed by atoms with Gasteiger partial charge in [0.15, 0.2) is 23.6 Å². The highest BCUT2D eigenvalue weighted by atomic mass is 32.1. The minimum atomic E-state index is -4.87. The SMILES string of the molecule is NC(=O)c1csc([C@@H]2O[C@H](COP(=O)(O)CP(=O)(O)OC[C@@H]3O[C@H](n4cnc5c(N)ncnc54)[C@@H](O)[C@H]3O)[C@@H](O)[C@H]2O)n1. The molecular weight excluding hydrogens is 640 g/mol. The molecule has 20 nitrogen and oxygen atoms in total. The number of hydrogen-bond acceptors (Lipinski definition) is 17. The molecule has 2 aliphatic rings. The van der Waals surface area contributed by atoms with Crippen molar-refractivity contribution < 1.29 is 62.7 Å². The van der Waals surface area contributed by atoms with Crippen LogP contribution in [0.4, 0.5) is 5.82 Å². The lowest BCUT2D eigenvalue weighted by molar-refractivity contribution is -0.0484. The van der Waals surface area contributed by atoms with Crippen LogP contribution in [0.25, 0.3) is 11.2 Å². The van der Waals surface area contributed by atoms with Crippen molar-refractivity contribution in [3.63, 3.8) is 0 Å². The molecule has 0 saturated carbocycles. The normalized spacial score (nSPS) is 32.1. The van der Waals surface area contributed by atoms with Crippen molar-refractivity contribution >= 4 is 49.4 Å². The highest BCUT2D eigenvalue weighted by Gasteiger charge is 2.48. The van der Waals surface area contributed by atoms with E-state index in [2.05, 4.69) is 19.9 Å². The maximum absolute atomic E-state index is 12.6. The molecule has 5 rings (SSSR count). The topological polar surface area (TPSA) is 318 Å². The Morgan fingerprint density at radius 1 is 0.977 bits per heavy atom. The predicted octanol–water partition coefficient (Wildman–Crippen LogP) is -2.19. The van der Waals surface area contributed by atoms with Crippen LogP contribution in [0.2, 0.25) is 0 Å². The summed E-state index contributed by atoms with van der Waals surface area (Å²) in [4.78, 5) is 47.5. The largest absolute Gasteiger partial charge is 0.387 e. The second-order valence-corrected chi connectivity index (χ2v) is 14.7. The predicted molar refractivity (Wildman–Crippen MR) is 142 cm³/mol. The number of nitrogen functional groups attached to an aromatic ring is 1. The average molecular weight is 667 g/mol. The van der Waals surface area contributed by atoms with E-state index >= 15 is 0 Å². The maximum Gasteiger partial charge on any atom is 0.340 e. The lowest BCUT2D eigenvalue weighted by Crippen LogP contribution is -2.33. The molecule has 2 unspecified atom stereocenters. The van der Waals surface area contributed by atoms with Gasteiger partial charge >= 0.3 is 15.2 Å². The van der Waals surface area contributed by atoms with Gasteiger partial charge < -0.3 is 60.2 Å². The van der Waals surface area contributed by atoms with Crippen molar-refractivity contribution in [1.29, 1.82) is 0 Å². The number of thiazole rings is 1. The first-order chi connectivity index (χ1) is 20.2. The Labute approximate surface area is 244 Å². The molecular formula is C20H27N7O13P2S. The van der Waals surface area contributed by atoms with Crippen molar-refractivity contribution in [1.82, 2.24) is 24.5 Å². The lowest BCUT2D eigenvalue weighted by Gasteiger charge is -2.21. The van der Waals surface area contributed by atoms with Crippen molar-refractivity contribution in [2.45, 2.75) is 49.0 Å². The Bertz CT molecular complexity index is 1590. The number of aliphatic hydroxyl groups excluding tert-OH is 4. The van der Waals surface area contributed by atoms with Gasteiger partial charge in [-0.05, 0) is 0 Å².